The molecule has 2 rings (SSSR count). The summed E-state index contributed by atoms with van der Waals surface area (Å²) < 4.78 is 18.9. The second-order valence-electron chi connectivity index (χ2n) is 15.5. The fourth-order valence-corrected chi connectivity index (χ4v) is 6.74. The number of rotatable bonds is 12. The molecule has 234 valence electrons. The predicted octanol–water partition coefficient (Wildman–Crippen LogP) is 9.72. The zero-order valence-electron chi connectivity index (χ0n) is 28.9. The number of nitrogens with zero attached hydrogens (tertiary/aromatic N) is 2. The summed E-state index contributed by atoms with van der Waals surface area (Å²) >= 11 is 0. The Kier molecular flexibility index (Phi) is 12.1. The normalized spacial score (nSPS) is 17.6. The van der Waals surface area contributed by atoms with Gasteiger partial charge in [0, 0.05) is 30.4 Å². The Morgan fingerprint density at radius 1 is 0.857 bits per heavy atom. The molecule has 0 N–H and O–H groups in total. The molecule has 7 heteroatoms. The van der Waals surface area contributed by atoms with Crippen molar-refractivity contribution in [2.24, 2.45) is 5.41 Å². The Labute approximate surface area is 259 Å². The molecule has 1 aliphatic carbocycles. The van der Waals surface area contributed by atoms with Gasteiger partial charge in [0.15, 0.2) is 16.6 Å². The van der Waals surface area contributed by atoms with Crippen LogP contribution in [0, 0.1) is 16.7 Å². The van der Waals surface area contributed by atoms with Crippen molar-refractivity contribution in [3.63, 3.8) is 0 Å². The maximum absolute atomic E-state index is 9.29. The van der Waals surface area contributed by atoms with Crippen molar-refractivity contribution >= 4 is 28.4 Å². The SMILES string of the molecule is COC1=C(/C=C/c2ccc(N(CCO[Si](C)(C)C(C)(C)C)CCO[Si](C)(C)C(C)(C)C)cc2)CC(C)(C)C/C1=C/C#N. The summed E-state index contributed by atoms with van der Waals surface area (Å²) in [7, 11) is -1.95. The van der Waals surface area contributed by atoms with E-state index in [1.165, 1.54) is 5.69 Å². The van der Waals surface area contributed by atoms with Crippen LogP contribution in [0.5, 0.6) is 0 Å². The highest BCUT2D eigenvalue weighted by Gasteiger charge is 2.38. The number of methoxy groups -OCH3 is 1. The first-order chi connectivity index (χ1) is 19.2. The van der Waals surface area contributed by atoms with Gasteiger partial charge >= 0.3 is 0 Å². The van der Waals surface area contributed by atoms with Crippen molar-refractivity contribution in [1.82, 2.24) is 0 Å². The predicted molar refractivity (Wildman–Crippen MR) is 185 cm³/mol. The minimum atomic E-state index is -1.82. The quantitative estimate of drug-likeness (QED) is 0.174. The number of benzene rings is 1. The van der Waals surface area contributed by atoms with Crippen LogP contribution in [-0.4, -0.2) is 50.0 Å². The van der Waals surface area contributed by atoms with E-state index in [2.05, 4.69) is 129 Å². The maximum Gasteiger partial charge on any atom is 0.192 e. The van der Waals surface area contributed by atoms with Crippen molar-refractivity contribution in [3.05, 3.63) is 58.9 Å². The van der Waals surface area contributed by atoms with Crippen molar-refractivity contribution in [3.8, 4) is 6.07 Å². The third-order valence-corrected chi connectivity index (χ3v) is 18.4. The second-order valence-corrected chi connectivity index (χ2v) is 25.1. The molecule has 0 amide bonds. The van der Waals surface area contributed by atoms with Crippen LogP contribution in [-0.2, 0) is 13.6 Å². The van der Waals surface area contributed by atoms with Gasteiger partial charge in [0.1, 0.15) is 5.76 Å². The van der Waals surface area contributed by atoms with Gasteiger partial charge in [0.05, 0.1) is 26.4 Å². The summed E-state index contributed by atoms with van der Waals surface area (Å²) in [4.78, 5) is 2.40. The fraction of sp³-hybridized carbons (Fsp3) is 0.629. The van der Waals surface area contributed by atoms with E-state index in [9.17, 15) is 5.26 Å². The van der Waals surface area contributed by atoms with Gasteiger partial charge in [-0.1, -0.05) is 79.7 Å². The largest absolute Gasteiger partial charge is 0.496 e. The molecule has 1 aromatic carbocycles. The standard InChI is InChI=1S/C35H58N2O3Si2/c1-33(2,3)41(10,11)39-24-22-37(23-25-40-42(12,13)34(4,5)6)31-18-15-28(16-19-31)14-17-29-26-35(7,8)27-30(20-21-36)32(29)38-9/h14-20H,22-27H2,1-13H3/b17-14+,30-20-. The maximum atomic E-state index is 9.29. The molecule has 1 aliphatic rings. The van der Waals surface area contributed by atoms with Crippen LogP contribution < -0.4 is 4.90 Å². The monoisotopic (exact) mass is 610 g/mol. The van der Waals surface area contributed by atoms with Crippen molar-refractivity contribution in [1.29, 1.82) is 5.26 Å². The number of hydrogen-bond donors (Lipinski definition) is 0. The lowest BCUT2D eigenvalue weighted by molar-refractivity contribution is 0.256. The summed E-state index contributed by atoms with van der Waals surface area (Å²) in [5, 5.41) is 9.66. The van der Waals surface area contributed by atoms with Crippen LogP contribution in [0.4, 0.5) is 5.69 Å². The molecular formula is C35H58N2O3Si2. The van der Waals surface area contributed by atoms with Gasteiger partial charge < -0.3 is 18.5 Å². The van der Waals surface area contributed by atoms with Crippen molar-refractivity contribution in [2.45, 2.75) is 104 Å². The van der Waals surface area contributed by atoms with E-state index < -0.39 is 16.6 Å². The van der Waals surface area contributed by atoms with E-state index in [1.807, 2.05) is 0 Å². The molecule has 0 atom stereocenters. The Morgan fingerprint density at radius 3 is 1.79 bits per heavy atom. The van der Waals surface area contributed by atoms with E-state index in [0.717, 1.165) is 48.4 Å². The van der Waals surface area contributed by atoms with Crippen LogP contribution in [0.25, 0.3) is 6.08 Å². The van der Waals surface area contributed by atoms with Gasteiger partial charge in [-0.3, -0.25) is 0 Å². The average Bonchev–Trinajstić information content (AvgIpc) is 2.85. The van der Waals surface area contributed by atoms with E-state index in [-0.39, 0.29) is 15.5 Å². The van der Waals surface area contributed by atoms with E-state index >= 15 is 0 Å². The Balaban J connectivity index is 2.25. The van der Waals surface area contributed by atoms with E-state index in [4.69, 9.17) is 13.6 Å². The Hall–Kier alpha value is -2.12. The van der Waals surface area contributed by atoms with Crippen molar-refractivity contribution < 1.29 is 13.6 Å². The smallest absolute Gasteiger partial charge is 0.192 e. The highest BCUT2D eigenvalue weighted by molar-refractivity contribution is 6.74. The first-order valence-electron chi connectivity index (χ1n) is 15.4. The summed E-state index contributed by atoms with van der Waals surface area (Å²) in [5.41, 5.74) is 4.49. The number of anilines is 1. The molecule has 0 aliphatic heterocycles. The zero-order valence-corrected chi connectivity index (χ0v) is 30.9. The summed E-state index contributed by atoms with van der Waals surface area (Å²) in [6.45, 7) is 30.6. The Morgan fingerprint density at radius 2 is 1.36 bits per heavy atom. The molecule has 0 heterocycles. The molecule has 0 fully saturated rings. The number of nitriles is 1. The number of allylic oxidation sites excluding steroid dienone is 4. The molecule has 42 heavy (non-hydrogen) atoms. The zero-order chi connectivity index (χ0) is 32.0. The third-order valence-electron chi connectivity index (χ3n) is 9.36. The lowest BCUT2D eigenvalue weighted by atomic mass is 9.74. The van der Waals surface area contributed by atoms with Gasteiger partial charge in [0.25, 0.3) is 0 Å². The minimum absolute atomic E-state index is 0.0771. The van der Waals surface area contributed by atoms with Crippen LogP contribution in [0.2, 0.25) is 36.3 Å². The number of ether oxygens (including phenoxy) is 1. The first-order valence-corrected chi connectivity index (χ1v) is 21.2. The lowest BCUT2D eigenvalue weighted by Crippen LogP contribution is -2.44. The molecule has 0 aromatic heterocycles. The van der Waals surface area contributed by atoms with Gasteiger partial charge in [-0.25, -0.2) is 0 Å². The lowest BCUT2D eigenvalue weighted by Gasteiger charge is -2.38. The average molecular weight is 611 g/mol. The molecule has 0 saturated carbocycles. The highest BCUT2D eigenvalue weighted by Crippen LogP contribution is 2.43. The summed E-state index contributed by atoms with van der Waals surface area (Å²) in [6.07, 6.45) is 7.67. The summed E-state index contributed by atoms with van der Waals surface area (Å²) in [6, 6.07) is 11.0. The molecule has 0 radical (unpaired) electrons. The van der Waals surface area contributed by atoms with Crippen LogP contribution in [0.3, 0.4) is 0 Å². The minimum Gasteiger partial charge on any atom is -0.496 e. The van der Waals surface area contributed by atoms with Gasteiger partial charge in [-0.15, -0.1) is 0 Å². The van der Waals surface area contributed by atoms with Crippen molar-refractivity contribution in [2.75, 3.05) is 38.3 Å². The highest BCUT2D eigenvalue weighted by atomic mass is 28.4. The van der Waals surface area contributed by atoms with Gasteiger partial charge in [0.2, 0.25) is 0 Å². The second kappa shape index (κ2) is 14.1. The van der Waals surface area contributed by atoms with Gasteiger partial charge in [-0.2, -0.15) is 5.26 Å². The van der Waals surface area contributed by atoms with Crippen LogP contribution >= 0.6 is 0 Å². The molecular weight excluding hydrogens is 553 g/mol. The molecule has 1 aromatic rings. The van der Waals surface area contributed by atoms with Crippen LogP contribution in [0.15, 0.2) is 53.3 Å². The van der Waals surface area contributed by atoms with Gasteiger partial charge in [-0.05, 0) is 77.8 Å². The molecule has 0 saturated heterocycles. The Bertz CT molecular complexity index is 1140. The number of hydrogen-bond acceptors (Lipinski definition) is 5. The third kappa shape index (κ3) is 9.97. The van der Waals surface area contributed by atoms with E-state index in [1.54, 1.807) is 13.2 Å². The molecule has 0 spiro atoms. The molecule has 5 nitrogen and oxygen atoms in total. The first kappa shape index (κ1) is 36.1. The fourth-order valence-electron chi connectivity index (χ4n) is 4.67. The summed E-state index contributed by atoms with van der Waals surface area (Å²) in [5.74, 6) is 0.832. The molecule has 0 unspecified atom stereocenters. The van der Waals surface area contributed by atoms with E-state index in [0.29, 0.717) is 13.2 Å². The van der Waals surface area contributed by atoms with Crippen LogP contribution in [0.1, 0.15) is 73.8 Å². The topological polar surface area (TPSA) is 54.7 Å². The molecule has 0 bridgehead atoms.